The van der Waals surface area contributed by atoms with E-state index in [9.17, 15) is 13.8 Å². The molecule has 0 aliphatic carbocycles. The normalized spacial score (nSPS) is 13.9. The molecular formula is C9H18N2O4S. The van der Waals surface area contributed by atoms with Crippen LogP contribution in [0.1, 0.15) is 20.3 Å². The molecule has 0 bridgehead atoms. The minimum Gasteiger partial charge on any atom is -0.480 e. The maximum Gasteiger partial charge on any atom is 0.326 e. The molecule has 0 aromatic rings. The van der Waals surface area contributed by atoms with Gasteiger partial charge in [0.05, 0.1) is 0 Å². The third-order valence-corrected chi connectivity index (χ3v) is 3.25. The third-order valence-electron chi connectivity index (χ3n) is 1.95. The summed E-state index contributed by atoms with van der Waals surface area (Å²) in [6.07, 6.45) is 0.323. The average molecular weight is 250 g/mol. The molecule has 6 nitrogen and oxygen atoms in total. The van der Waals surface area contributed by atoms with Gasteiger partial charge in [-0.2, -0.15) is 0 Å². The van der Waals surface area contributed by atoms with Crippen LogP contribution in [-0.4, -0.2) is 45.4 Å². The predicted octanol–water partition coefficient (Wildman–Crippen LogP) is -0.0826. The number of rotatable bonds is 7. The quantitative estimate of drug-likeness (QED) is 0.589. The first-order valence-electron chi connectivity index (χ1n) is 5.13. The Kier molecular flexibility index (Phi) is 7.53. The van der Waals surface area contributed by atoms with Crippen LogP contribution in [-0.2, 0) is 15.6 Å². The van der Waals surface area contributed by atoms with Crippen LogP contribution in [0.4, 0.5) is 4.79 Å². The van der Waals surface area contributed by atoms with E-state index in [0.29, 0.717) is 17.9 Å². The van der Waals surface area contributed by atoms with Crippen LogP contribution in [0.15, 0.2) is 0 Å². The Morgan fingerprint density at radius 1 is 1.38 bits per heavy atom. The lowest BCUT2D eigenvalue weighted by atomic mass is 10.2. The first kappa shape index (κ1) is 14.9. The highest BCUT2D eigenvalue weighted by Crippen LogP contribution is 1.90. The van der Waals surface area contributed by atoms with Gasteiger partial charge in [0.25, 0.3) is 0 Å². The van der Waals surface area contributed by atoms with Crippen LogP contribution in [0, 0.1) is 0 Å². The van der Waals surface area contributed by atoms with Gasteiger partial charge in [-0.05, 0) is 6.42 Å². The van der Waals surface area contributed by atoms with Gasteiger partial charge >= 0.3 is 12.0 Å². The number of carbonyl (C=O) groups is 2. The van der Waals surface area contributed by atoms with Crippen molar-refractivity contribution in [1.29, 1.82) is 0 Å². The molecule has 3 N–H and O–H groups in total. The monoisotopic (exact) mass is 250 g/mol. The van der Waals surface area contributed by atoms with E-state index in [4.69, 9.17) is 5.11 Å². The highest BCUT2D eigenvalue weighted by atomic mass is 32.2. The molecule has 2 atom stereocenters. The summed E-state index contributed by atoms with van der Waals surface area (Å²) in [7, 11) is -0.925. The van der Waals surface area contributed by atoms with Gasteiger partial charge in [-0.3, -0.25) is 4.21 Å². The summed E-state index contributed by atoms with van der Waals surface area (Å²) in [5, 5.41) is 13.5. The molecule has 0 aromatic carbocycles. The number of amides is 2. The topological polar surface area (TPSA) is 95.5 Å². The second-order valence-corrected chi connectivity index (χ2v) is 5.00. The second kappa shape index (κ2) is 8.09. The number of urea groups is 1. The van der Waals surface area contributed by atoms with Gasteiger partial charge in [0.15, 0.2) is 0 Å². The molecule has 0 rings (SSSR count). The van der Waals surface area contributed by atoms with Crippen molar-refractivity contribution in [3.8, 4) is 0 Å². The zero-order valence-electron chi connectivity index (χ0n) is 9.49. The largest absolute Gasteiger partial charge is 0.480 e. The lowest BCUT2D eigenvalue weighted by Crippen LogP contribution is -2.46. The Bertz CT molecular complexity index is 270. The Labute approximate surface area is 97.3 Å². The van der Waals surface area contributed by atoms with Gasteiger partial charge in [0.2, 0.25) is 0 Å². The van der Waals surface area contributed by atoms with Crippen molar-refractivity contribution < 1.29 is 18.9 Å². The molecule has 0 aliphatic heterocycles. The van der Waals surface area contributed by atoms with E-state index >= 15 is 0 Å². The molecule has 0 aliphatic rings. The Hall–Kier alpha value is -1.11. The number of hydrogen-bond acceptors (Lipinski definition) is 3. The molecule has 0 radical (unpaired) electrons. The molecule has 0 saturated carbocycles. The number of carboxylic acid groups (broad SMARTS) is 1. The first-order chi connectivity index (χ1) is 7.51. The maximum absolute atomic E-state index is 11.2. The van der Waals surface area contributed by atoms with Crippen molar-refractivity contribution in [3.63, 3.8) is 0 Å². The third kappa shape index (κ3) is 6.39. The first-order valence-corrected chi connectivity index (χ1v) is 6.62. The summed E-state index contributed by atoms with van der Waals surface area (Å²) in [4.78, 5) is 21.8. The summed E-state index contributed by atoms with van der Waals surface area (Å²) >= 11 is 0. The van der Waals surface area contributed by atoms with Crippen molar-refractivity contribution in [2.75, 3.05) is 18.1 Å². The zero-order chi connectivity index (χ0) is 12.6. The summed E-state index contributed by atoms with van der Waals surface area (Å²) in [5.74, 6) is -0.126. The highest BCUT2D eigenvalue weighted by molar-refractivity contribution is 7.84. The van der Waals surface area contributed by atoms with E-state index in [0.717, 1.165) is 0 Å². The predicted molar refractivity (Wildman–Crippen MR) is 61.8 cm³/mol. The fraction of sp³-hybridized carbons (Fsp3) is 0.778. The minimum absolute atomic E-state index is 0.280. The smallest absolute Gasteiger partial charge is 0.326 e. The Morgan fingerprint density at radius 3 is 2.44 bits per heavy atom. The fourth-order valence-corrected chi connectivity index (χ4v) is 1.59. The van der Waals surface area contributed by atoms with Crippen molar-refractivity contribution in [2.24, 2.45) is 0 Å². The van der Waals surface area contributed by atoms with Gasteiger partial charge in [-0.15, -0.1) is 0 Å². The van der Waals surface area contributed by atoms with E-state index in [2.05, 4.69) is 10.6 Å². The van der Waals surface area contributed by atoms with Crippen LogP contribution in [0.2, 0.25) is 0 Å². The molecule has 2 amide bonds. The van der Waals surface area contributed by atoms with E-state index in [1.54, 1.807) is 13.8 Å². The lowest BCUT2D eigenvalue weighted by Gasteiger charge is -2.12. The van der Waals surface area contributed by atoms with Gasteiger partial charge < -0.3 is 15.7 Å². The standard InChI is InChI=1S/C9H18N2O4S/c1-3-7(8(12)13)11-9(14)10-5-6-16(15)4-2/h7H,3-6H2,1-2H3,(H,12,13)(H2,10,11,14). The number of nitrogens with one attached hydrogen (secondary N) is 2. The number of hydrogen-bond donors (Lipinski definition) is 3. The summed E-state index contributed by atoms with van der Waals surface area (Å²) in [6, 6.07) is -1.42. The molecule has 94 valence electrons. The second-order valence-electron chi connectivity index (χ2n) is 3.13. The summed E-state index contributed by atoms with van der Waals surface area (Å²) in [6.45, 7) is 3.75. The maximum atomic E-state index is 11.2. The molecule has 7 heteroatoms. The van der Waals surface area contributed by atoms with E-state index in [1.165, 1.54) is 0 Å². The molecule has 0 heterocycles. The van der Waals surface area contributed by atoms with Crippen LogP contribution in [0.5, 0.6) is 0 Å². The van der Waals surface area contributed by atoms with E-state index in [-0.39, 0.29) is 6.54 Å². The molecular weight excluding hydrogens is 232 g/mol. The molecule has 16 heavy (non-hydrogen) atoms. The summed E-state index contributed by atoms with van der Waals surface area (Å²) < 4.78 is 11.0. The van der Waals surface area contributed by atoms with Gasteiger partial charge in [-0.25, -0.2) is 9.59 Å². The SMILES string of the molecule is CCC(NC(=O)NCCS(=O)CC)C(=O)O. The molecule has 0 aromatic heterocycles. The number of aliphatic carboxylic acids is 1. The van der Waals surface area contributed by atoms with Crippen molar-refractivity contribution in [1.82, 2.24) is 10.6 Å². The molecule has 0 spiro atoms. The van der Waals surface area contributed by atoms with Crippen molar-refractivity contribution in [3.05, 3.63) is 0 Å². The summed E-state index contributed by atoms with van der Waals surface area (Å²) in [5.41, 5.74) is 0. The van der Waals surface area contributed by atoms with E-state index in [1.807, 2.05) is 0 Å². The van der Waals surface area contributed by atoms with Crippen molar-refractivity contribution in [2.45, 2.75) is 26.3 Å². The molecule has 0 saturated heterocycles. The van der Waals surface area contributed by atoms with Crippen LogP contribution >= 0.6 is 0 Å². The number of carboxylic acids is 1. The van der Waals surface area contributed by atoms with Gasteiger partial charge in [0.1, 0.15) is 6.04 Å². The molecule has 2 unspecified atom stereocenters. The van der Waals surface area contributed by atoms with Gasteiger partial charge in [0, 0.05) is 28.9 Å². The van der Waals surface area contributed by atoms with Crippen LogP contribution in [0.25, 0.3) is 0 Å². The fourth-order valence-electron chi connectivity index (χ4n) is 0.970. The minimum atomic E-state index is -1.06. The van der Waals surface area contributed by atoms with E-state index < -0.39 is 28.8 Å². The molecule has 0 fully saturated rings. The lowest BCUT2D eigenvalue weighted by molar-refractivity contribution is -0.139. The van der Waals surface area contributed by atoms with Crippen molar-refractivity contribution >= 4 is 22.8 Å². The number of carbonyl (C=O) groups excluding carboxylic acids is 1. The van der Waals surface area contributed by atoms with Crippen LogP contribution in [0.3, 0.4) is 0 Å². The zero-order valence-corrected chi connectivity index (χ0v) is 10.3. The average Bonchev–Trinajstić information content (AvgIpc) is 2.25. The highest BCUT2D eigenvalue weighted by Gasteiger charge is 2.16. The Morgan fingerprint density at radius 2 is 2.00 bits per heavy atom. The van der Waals surface area contributed by atoms with Crippen LogP contribution < -0.4 is 10.6 Å². The van der Waals surface area contributed by atoms with Gasteiger partial charge in [-0.1, -0.05) is 13.8 Å². The Balaban J connectivity index is 3.81.